The molecule has 0 bridgehead atoms. The van der Waals surface area contributed by atoms with Crippen LogP contribution in [0.1, 0.15) is 20.4 Å². The highest BCUT2D eigenvalue weighted by atomic mass is 79.9. The van der Waals surface area contributed by atoms with Crippen molar-refractivity contribution in [3.05, 3.63) is 44.6 Å². The third kappa shape index (κ3) is 3.10. The van der Waals surface area contributed by atoms with Crippen molar-refractivity contribution in [2.45, 2.75) is 13.5 Å². The zero-order valence-electron chi connectivity index (χ0n) is 9.11. The topological polar surface area (TPSA) is 54.9 Å². The largest absolute Gasteiger partial charge is 0.346 e. The van der Waals surface area contributed by atoms with E-state index in [1.807, 2.05) is 6.92 Å². The molecule has 0 aromatic carbocycles. The number of aromatic nitrogens is 2. The van der Waals surface area contributed by atoms with Crippen LogP contribution < -0.4 is 5.32 Å². The van der Waals surface area contributed by atoms with Gasteiger partial charge in [0.15, 0.2) is 0 Å². The second kappa shape index (κ2) is 5.37. The van der Waals surface area contributed by atoms with Crippen molar-refractivity contribution >= 4 is 33.2 Å². The Kier molecular flexibility index (Phi) is 3.86. The minimum atomic E-state index is -0.191. The van der Waals surface area contributed by atoms with Gasteiger partial charge >= 0.3 is 0 Å². The maximum Gasteiger partial charge on any atom is 0.271 e. The van der Waals surface area contributed by atoms with Crippen molar-refractivity contribution in [3.8, 4) is 0 Å². The smallest absolute Gasteiger partial charge is 0.271 e. The minimum absolute atomic E-state index is 0.191. The molecule has 17 heavy (non-hydrogen) atoms. The standard InChI is InChI=1S/C11H10BrN3OS/c1-7-14-5-8(17-7)6-15-11(16)10-9(12)3-2-4-13-10/h2-5H,6H2,1H3,(H,15,16). The predicted octanol–water partition coefficient (Wildman–Crippen LogP) is 2.54. The SMILES string of the molecule is Cc1ncc(CNC(=O)c2ncccc2Br)s1. The normalized spacial score (nSPS) is 10.2. The van der Waals surface area contributed by atoms with Gasteiger partial charge in [0.2, 0.25) is 0 Å². The molecule has 0 saturated heterocycles. The van der Waals surface area contributed by atoms with Crippen molar-refractivity contribution in [1.82, 2.24) is 15.3 Å². The van der Waals surface area contributed by atoms with Gasteiger partial charge in [-0.2, -0.15) is 0 Å². The molecule has 2 rings (SSSR count). The number of nitrogens with zero attached hydrogens (tertiary/aromatic N) is 2. The van der Waals surface area contributed by atoms with Gasteiger partial charge in [0.25, 0.3) is 5.91 Å². The van der Waals surface area contributed by atoms with Crippen LogP contribution in [0.4, 0.5) is 0 Å². The quantitative estimate of drug-likeness (QED) is 0.947. The number of thiazole rings is 1. The molecule has 0 atom stereocenters. The van der Waals surface area contributed by atoms with E-state index in [1.54, 1.807) is 35.9 Å². The summed E-state index contributed by atoms with van der Waals surface area (Å²) >= 11 is 4.87. The van der Waals surface area contributed by atoms with Gasteiger partial charge < -0.3 is 5.32 Å². The zero-order chi connectivity index (χ0) is 12.3. The maximum atomic E-state index is 11.8. The molecule has 1 N–H and O–H groups in total. The van der Waals surface area contributed by atoms with E-state index in [-0.39, 0.29) is 5.91 Å². The van der Waals surface area contributed by atoms with Gasteiger partial charge in [0.05, 0.1) is 11.6 Å². The number of amides is 1. The molecule has 0 radical (unpaired) electrons. The molecule has 0 aliphatic heterocycles. The van der Waals surface area contributed by atoms with Crippen LogP contribution in [0.15, 0.2) is 29.0 Å². The van der Waals surface area contributed by atoms with E-state index in [2.05, 4.69) is 31.2 Å². The lowest BCUT2D eigenvalue weighted by Gasteiger charge is -2.03. The maximum absolute atomic E-state index is 11.8. The van der Waals surface area contributed by atoms with Gasteiger partial charge in [-0.25, -0.2) is 9.97 Å². The summed E-state index contributed by atoms with van der Waals surface area (Å²) in [6, 6.07) is 3.56. The Morgan fingerprint density at radius 3 is 3.00 bits per heavy atom. The first-order valence-electron chi connectivity index (χ1n) is 4.97. The molecule has 0 unspecified atom stereocenters. The predicted molar refractivity (Wildman–Crippen MR) is 70.0 cm³/mol. The van der Waals surface area contributed by atoms with Crippen LogP contribution in [0.3, 0.4) is 0 Å². The summed E-state index contributed by atoms with van der Waals surface area (Å²) in [5.74, 6) is -0.191. The summed E-state index contributed by atoms with van der Waals surface area (Å²) in [4.78, 5) is 21.0. The lowest BCUT2D eigenvalue weighted by atomic mass is 10.3. The summed E-state index contributed by atoms with van der Waals surface area (Å²) < 4.78 is 0.693. The van der Waals surface area contributed by atoms with Crippen LogP contribution >= 0.6 is 27.3 Å². The number of pyridine rings is 1. The molecule has 2 heterocycles. The molecular formula is C11H10BrN3OS. The fourth-order valence-corrected chi connectivity index (χ4v) is 2.46. The number of hydrogen-bond donors (Lipinski definition) is 1. The Morgan fingerprint density at radius 2 is 2.35 bits per heavy atom. The summed E-state index contributed by atoms with van der Waals surface area (Å²) in [5.41, 5.74) is 0.397. The molecule has 0 aliphatic rings. The van der Waals surface area contributed by atoms with E-state index in [1.165, 1.54) is 0 Å². The van der Waals surface area contributed by atoms with Gasteiger partial charge in [-0.1, -0.05) is 0 Å². The highest BCUT2D eigenvalue weighted by molar-refractivity contribution is 9.10. The van der Waals surface area contributed by atoms with E-state index in [0.717, 1.165) is 9.88 Å². The Labute approximate surface area is 111 Å². The van der Waals surface area contributed by atoms with Crippen molar-refractivity contribution in [1.29, 1.82) is 0 Å². The van der Waals surface area contributed by atoms with E-state index < -0.39 is 0 Å². The lowest BCUT2D eigenvalue weighted by Crippen LogP contribution is -2.23. The van der Waals surface area contributed by atoms with Gasteiger partial charge in [-0.3, -0.25) is 4.79 Å². The fraction of sp³-hybridized carbons (Fsp3) is 0.182. The van der Waals surface area contributed by atoms with Crippen LogP contribution in [0.5, 0.6) is 0 Å². The fourth-order valence-electron chi connectivity index (χ4n) is 1.29. The third-order valence-electron chi connectivity index (χ3n) is 2.07. The van der Waals surface area contributed by atoms with Gasteiger partial charge in [-0.15, -0.1) is 11.3 Å². The lowest BCUT2D eigenvalue weighted by molar-refractivity contribution is 0.0945. The number of carbonyl (C=O) groups is 1. The molecule has 0 spiro atoms. The molecule has 6 heteroatoms. The molecule has 2 aromatic rings. The number of hydrogen-bond acceptors (Lipinski definition) is 4. The number of rotatable bonds is 3. The summed E-state index contributed by atoms with van der Waals surface area (Å²) in [7, 11) is 0. The summed E-state index contributed by atoms with van der Waals surface area (Å²) in [5, 5.41) is 3.80. The average Bonchev–Trinajstić information content (AvgIpc) is 2.73. The highest BCUT2D eigenvalue weighted by Gasteiger charge is 2.10. The van der Waals surface area contributed by atoms with E-state index in [4.69, 9.17) is 0 Å². The van der Waals surface area contributed by atoms with Gasteiger partial charge in [0, 0.05) is 21.7 Å². The first-order valence-corrected chi connectivity index (χ1v) is 6.58. The minimum Gasteiger partial charge on any atom is -0.346 e. The molecular weight excluding hydrogens is 302 g/mol. The average molecular weight is 312 g/mol. The van der Waals surface area contributed by atoms with E-state index in [9.17, 15) is 4.79 Å². The van der Waals surface area contributed by atoms with E-state index >= 15 is 0 Å². The first kappa shape index (κ1) is 12.2. The van der Waals surface area contributed by atoms with E-state index in [0.29, 0.717) is 16.7 Å². The van der Waals surface area contributed by atoms with Gasteiger partial charge in [-0.05, 0) is 35.0 Å². The molecule has 88 valence electrons. The molecule has 2 aromatic heterocycles. The van der Waals surface area contributed by atoms with Crippen molar-refractivity contribution in [2.75, 3.05) is 0 Å². The Balaban J connectivity index is 2.01. The van der Waals surface area contributed by atoms with Crippen LogP contribution in [0.25, 0.3) is 0 Å². The number of aryl methyl sites for hydroxylation is 1. The second-order valence-electron chi connectivity index (χ2n) is 3.36. The molecule has 0 fully saturated rings. The Morgan fingerprint density at radius 1 is 1.53 bits per heavy atom. The number of carbonyl (C=O) groups excluding carboxylic acids is 1. The van der Waals surface area contributed by atoms with Crippen LogP contribution in [-0.4, -0.2) is 15.9 Å². The third-order valence-corrected chi connectivity index (χ3v) is 3.62. The van der Waals surface area contributed by atoms with Crippen molar-refractivity contribution < 1.29 is 4.79 Å². The summed E-state index contributed by atoms with van der Waals surface area (Å²) in [6.45, 7) is 2.42. The number of halogens is 1. The van der Waals surface area contributed by atoms with Crippen molar-refractivity contribution in [2.24, 2.45) is 0 Å². The molecule has 1 amide bonds. The van der Waals surface area contributed by atoms with Crippen LogP contribution in [-0.2, 0) is 6.54 Å². The zero-order valence-corrected chi connectivity index (χ0v) is 11.5. The first-order chi connectivity index (χ1) is 8.16. The second-order valence-corrected chi connectivity index (χ2v) is 5.54. The molecule has 0 saturated carbocycles. The Hall–Kier alpha value is -1.27. The molecule has 4 nitrogen and oxygen atoms in total. The summed E-state index contributed by atoms with van der Waals surface area (Å²) in [6.07, 6.45) is 3.37. The monoisotopic (exact) mass is 311 g/mol. The Bertz CT molecular complexity index is 541. The van der Waals surface area contributed by atoms with Crippen LogP contribution in [0.2, 0.25) is 0 Å². The molecule has 0 aliphatic carbocycles. The van der Waals surface area contributed by atoms with Gasteiger partial charge in [0.1, 0.15) is 5.69 Å². The van der Waals surface area contributed by atoms with Crippen molar-refractivity contribution in [3.63, 3.8) is 0 Å². The highest BCUT2D eigenvalue weighted by Crippen LogP contribution is 2.14. The van der Waals surface area contributed by atoms with Crippen LogP contribution in [0, 0.1) is 6.92 Å². The number of nitrogens with one attached hydrogen (secondary N) is 1.